The zero-order chi connectivity index (χ0) is 18.6. The minimum absolute atomic E-state index is 0.0736. The topological polar surface area (TPSA) is 79.0 Å². The van der Waals surface area contributed by atoms with Gasteiger partial charge >= 0.3 is 0 Å². The van der Waals surface area contributed by atoms with Gasteiger partial charge in [-0.05, 0) is 44.5 Å². The van der Waals surface area contributed by atoms with Gasteiger partial charge in [0.25, 0.3) is 0 Å². The molecular weight excluding hydrogens is 330 g/mol. The summed E-state index contributed by atoms with van der Waals surface area (Å²) in [6.07, 6.45) is 0.955. The molecule has 0 radical (unpaired) electrons. The van der Waals surface area contributed by atoms with Crippen LogP contribution in [0.2, 0.25) is 0 Å². The first-order chi connectivity index (χ1) is 12.5. The molecule has 26 heavy (non-hydrogen) atoms. The van der Waals surface area contributed by atoms with Crippen molar-refractivity contribution in [3.8, 4) is 5.75 Å². The molecule has 0 amide bonds. The summed E-state index contributed by atoms with van der Waals surface area (Å²) in [5.41, 5.74) is 0.0776. The predicted molar refractivity (Wildman–Crippen MR) is 102 cm³/mol. The fourth-order valence-corrected chi connectivity index (χ4v) is 2.95. The molecule has 6 heteroatoms. The van der Waals surface area contributed by atoms with Crippen LogP contribution >= 0.6 is 0 Å². The Balaban J connectivity index is 1.58. The summed E-state index contributed by atoms with van der Waals surface area (Å²) in [6.45, 7) is 7.14. The van der Waals surface area contributed by atoms with Crippen molar-refractivity contribution in [2.75, 3.05) is 19.6 Å². The minimum Gasteiger partial charge on any atom is -0.488 e. The number of furan rings is 1. The number of aryl methyl sites for hydroxylation is 1. The van der Waals surface area contributed by atoms with Gasteiger partial charge < -0.3 is 24.9 Å². The molecule has 3 N–H and O–H groups in total. The van der Waals surface area contributed by atoms with E-state index >= 15 is 0 Å². The van der Waals surface area contributed by atoms with E-state index in [0.717, 1.165) is 24.5 Å². The van der Waals surface area contributed by atoms with Gasteiger partial charge in [0.1, 0.15) is 29.0 Å². The maximum absolute atomic E-state index is 10.6. The van der Waals surface area contributed by atoms with Crippen molar-refractivity contribution in [3.05, 3.63) is 53.5 Å². The number of aliphatic hydroxyl groups is 1. The molecule has 1 aromatic heterocycles. The Morgan fingerprint density at radius 1 is 1.27 bits per heavy atom. The second-order valence-electron chi connectivity index (χ2n) is 6.81. The number of aliphatic imine (C=N–C) groups is 1. The van der Waals surface area contributed by atoms with Gasteiger partial charge in [-0.15, -0.1) is 0 Å². The molecule has 2 heterocycles. The minimum atomic E-state index is -1.16. The van der Waals surface area contributed by atoms with Crippen molar-refractivity contribution in [2.45, 2.75) is 38.9 Å². The SMILES string of the molecule is CCNC(=NCC(C)(O)c1ccc(C)o1)NCC1Cc2ccccc2O1. The molecule has 2 aromatic rings. The lowest BCUT2D eigenvalue weighted by molar-refractivity contribution is 0.0428. The average molecular weight is 357 g/mol. The van der Waals surface area contributed by atoms with Crippen molar-refractivity contribution < 1.29 is 14.3 Å². The van der Waals surface area contributed by atoms with E-state index in [0.29, 0.717) is 18.3 Å². The lowest BCUT2D eigenvalue weighted by atomic mass is 10.0. The summed E-state index contributed by atoms with van der Waals surface area (Å²) in [7, 11) is 0. The van der Waals surface area contributed by atoms with Crippen LogP contribution in [0.3, 0.4) is 0 Å². The number of hydrogen-bond donors (Lipinski definition) is 3. The highest BCUT2D eigenvalue weighted by Gasteiger charge is 2.27. The predicted octanol–water partition coefficient (Wildman–Crippen LogP) is 2.35. The second-order valence-corrected chi connectivity index (χ2v) is 6.81. The molecular formula is C20H27N3O3. The first kappa shape index (κ1) is 18.3. The number of fused-ring (bicyclic) bond motifs is 1. The van der Waals surface area contributed by atoms with Crippen LogP contribution in [-0.4, -0.2) is 36.8 Å². The third-order valence-corrected chi connectivity index (χ3v) is 4.37. The summed E-state index contributed by atoms with van der Waals surface area (Å²) in [5, 5.41) is 17.1. The van der Waals surface area contributed by atoms with Crippen molar-refractivity contribution in [3.63, 3.8) is 0 Å². The quantitative estimate of drug-likeness (QED) is 0.546. The Hall–Kier alpha value is -2.47. The molecule has 0 aliphatic carbocycles. The standard InChI is InChI=1S/C20H27N3O3/c1-4-21-19(23-13-20(3,24)18-10-9-14(2)25-18)22-12-16-11-15-7-5-6-8-17(15)26-16/h5-10,16,24H,4,11-13H2,1-3H3,(H2,21,22,23). The van der Waals surface area contributed by atoms with Crippen LogP contribution in [0.1, 0.15) is 30.9 Å². The molecule has 6 nitrogen and oxygen atoms in total. The lowest BCUT2D eigenvalue weighted by Gasteiger charge is -2.20. The lowest BCUT2D eigenvalue weighted by Crippen LogP contribution is -2.43. The summed E-state index contributed by atoms with van der Waals surface area (Å²) in [5.74, 6) is 2.89. The average Bonchev–Trinajstić information content (AvgIpc) is 3.23. The Morgan fingerprint density at radius 2 is 2.08 bits per heavy atom. The van der Waals surface area contributed by atoms with E-state index in [4.69, 9.17) is 9.15 Å². The van der Waals surface area contributed by atoms with Crippen LogP contribution in [0.5, 0.6) is 5.75 Å². The number of benzene rings is 1. The van der Waals surface area contributed by atoms with Gasteiger partial charge in [-0.25, -0.2) is 4.99 Å². The van der Waals surface area contributed by atoms with E-state index in [-0.39, 0.29) is 12.6 Å². The molecule has 0 saturated carbocycles. The van der Waals surface area contributed by atoms with Crippen LogP contribution in [0.25, 0.3) is 0 Å². The number of hydrogen-bond acceptors (Lipinski definition) is 4. The summed E-state index contributed by atoms with van der Waals surface area (Å²) in [4.78, 5) is 4.51. The molecule has 1 aliphatic rings. The molecule has 140 valence electrons. The van der Waals surface area contributed by atoms with Gasteiger partial charge in [-0.2, -0.15) is 0 Å². The number of nitrogens with zero attached hydrogens (tertiary/aromatic N) is 1. The Bertz CT molecular complexity index is 742. The van der Waals surface area contributed by atoms with E-state index in [2.05, 4.69) is 21.7 Å². The Morgan fingerprint density at radius 3 is 2.77 bits per heavy atom. The van der Waals surface area contributed by atoms with E-state index in [1.54, 1.807) is 13.0 Å². The maximum atomic E-state index is 10.6. The normalized spacial score (nSPS) is 18.8. The summed E-state index contributed by atoms with van der Waals surface area (Å²) in [6, 6.07) is 11.7. The van der Waals surface area contributed by atoms with Crippen molar-refractivity contribution in [2.24, 2.45) is 4.99 Å². The van der Waals surface area contributed by atoms with Crippen LogP contribution in [-0.2, 0) is 12.0 Å². The number of nitrogens with one attached hydrogen (secondary N) is 2. The second kappa shape index (κ2) is 7.83. The van der Waals surface area contributed by atoms with Gasteiger partial charge in [-0.1, -0.05) is 18.2 Å². The molecule has 0 spiro atoms. The van der Waals surface area contributed by atoms with E-state index < -0.39 is 5.60 Å². The van der Waals surface area contributed by atoms with Crippen molar-refractivity contribution in [1.82, 2.24) is 10.6 Å². The highest BCUT2D eigenvalue weighted by Crippen LogP contribution is 2.27. The van der Waals surface area contributed by atoms with Crippen LogP contribution < -0.4 is 15.4 Å². The zero-order valence-electron chi connectivity index (χ0n) is 15.6. The summed E-state index contributed by atoms with van der Waals surface area (Å²) < 4.78 is 11.5. The molecule has 0 bridgehead atoms. The summed E-state index contributed by atoms with van der Waals surface area (Å²) >= 11 is 0. The van der Waals surface area contributed by atoms with Gasteiger partial charge in [-0.3, -0.25) is 0 Å². The van der Waals surface area contributed by atoms with Gasteiger partial charge in [0, 0.05) is 13.0 Å². The molecule has 2 atom stereocenters. The highest BCUT2D eigenvalue weighted by atomic mass is 16.5. The molecule has 2 unspecified atom stereocenters. The maximum Gasteiger partial charge on any atom is 0.191 e. The Kier molecular flexibility index (Phi) is 5.52. The van der Waals surface area contributed by atoms with Gasteiger partial charge in [0.15, 0.2) is 5.96 Å². The fraction of sp³-hybridized carbons (Fsp3) is 0.450. The van der Waals surface area contributed by atoms with Crippen molar-refractivity contribution >= 4 is 5.96 Å². The first-order valence-electron chi connectivity index (χ1n) is 9.04. The first-order valence-corrected chi connectivity index (χ1v) is 9.04. The fourth-order valence-electron chi connectivity index (χ4n) is 2.95. The highest BCUT2D eigenvalue weighted by molar-refractivity contribution is 5.79. The number of ether oxygens (including phenoxy) is 1. The third-order valence-electron chi connectivity index (χ3n) is 4.37. The zero-order valence-corrected chi connectivity index (χ0v) is 15.6. The van der Waals surface area contributed by atoms with Crippen LogP contribution in [0.4, 0.5) is 0 Å². The van der Waals surface area contributed by atoms with E-state index in [1.807, 2.05) is 38.1 Å². The monoisotopic (exact) mass is 357 g/mol. The number of para-hydroxylation sites is 1. The van der Waals surface area contributed by atoms with E-state index in [1.165, 1.54) is 5.56 Å². The van der Waals surface area contributed by atoms with E-state index in [9.17, 15) is 5.11 Å². The van der Waals surface area contributed by atoms with Gasteiger partial charge in [0.05, 0.1) is 13.1 Å². The van der Waals surface area contributed by atoms with Gasteiger partial charge in [0.2, 0.25) is 0 Å². The molecule has 0 saturated heterocycles. The smallest absolute Gasteiger partial charge is 0.191 e. The molecule has 0 fully saturated rings. The van der Waals surface area contributed by atoms with Crippen molar-refractivity contribution in [1.29, 1.82) is 0 Å². The largest absolute Gasteiger partial charge is 0.488 e. The number of rotatable bonds is 6. The van der Waals surface area contributed by atoms with Crippen LogP contribution in [0.15, 0.2) is 45.8 Å². The Labute approximate surface area is 154 Å². The number of guanidine groups is 1. The molecule has 3 rings (SSSR count). The molecule has 1 aliphatic heterocycles. The third kappa shape index (κ3) is 4.38. The molecule has 1 aromatic carbocycles. The van der Waals surface area contributed by atoms with Crippen LogP contribution in [0, 0.1) is 6.92 Å².